The first-order valence-electron chi connectivity index (χ1n) is 9.85. The molecular weight excluding hydrogens is 342 g/mol. The minimum atomic E-state index is -0.975. The molecule has 1 saturated carbocycles. The molecule has 5 aliphatic heterocycles. The topological polar surface area (TPSA) is 78.5 Å². The van der Waals surface area contributed by atoms with Gasteiger partial charge in [-0.15, -0.1) is 0 Å². The van der Waals surface area contributed by atoms with Crippen molar-refractivity contribution in [3.63, 3.8) is 0 Å². The SMILES string of the molecule is CC1(C)[C@@H]2CC34CCCN3C(=O)[C@]2(C[C@]12Nc1ccccc1C2=O)NC4=O. The van der Waals surface area contributed by atoms with Crippen molar-refractivity contribution >= 4 is 23.3 Å². The third-order valence-electron chi connectivity index (χ3n) is 8.43. The Kier molecular flexibility index (Phi) is 2.44. The molecule has 6 heteroatoms. The molecule has 6 aliphatic rings. The maximum absolute atomic E-state index is 13.6. The van der Waals surface area contributed by atoms with Crippen LogP contribution in [0.4, 0.5) is 5.69 Å². The van der Waals surface area contributed by atoms with E-state index in [0.29, 0.717) is 24.9 Å². The Labute approximate surface area is 157 Å². The van der Waals surface area contributed by atoms with Gasteiger partial charge >= 0.3 is 0 Å². The van der Waals surface area contributed by atoms with E-state index in [-0.39, 0.29) is 23.5 Å². The molecule has 1 aromatic carbocycles. The van der Waals surface area contributed by atoms with Crippen molar-refractivity contribution in [3.8, 4) is 0 Å². The maximum Gasteiger partial charge on any atom is 0.249 e. The number of carbonyl (C=O) groups excluding carboxylic acids is 3. The van der Waals surface area contributed by atoms with Crippen molar-refractivity contribution in [2.75, 3.05) is 11.9 Å². The molecule has 140 valence electrons. The summed E-state index contributed by atoms with van der Waals surface area (Å²) in [5.41, 5.74) is -1.49. The molecule has 3 spiro atoms. The lowest BCUT2D eigenvalue weighted by molar-refractivity contribution is -0.175. The molecule has 0 aromatic heterocycles. The zero-order valence-corrected chi connectivity index (χ0v) is 15.6. The van der Waals surface area contributed by atoms with E-state index in [1.165, 1.54) is 0 Å². The van der Waals surface area contributed by atoms with Crippen LogP contribution >= 0.6 is 0 Å². The Morgan fingerprint density at radius 2 is 1.89 bits per heavy atom. The van der Waals surface area contributed by atoms with Crippen LogP contribution in [0.25, 0.3) is 0 Å². The number of hydrogen-bond acceptors (Lipinski definition) is 4. The number of ketones is 1. The van der Waals surface area contributed by atoms with Crippen LogP contribution in [0.15, 0.2) is 24.3 Å². The van der Waals surface area contributed by atoms with E-state index in [1.807, 2.05) is 29.2 Å². The summed E-state index contributed by atoms with van der Waals surface area (Å²) in [6.45, 7) is 4.84. The van der Waals surface area contributed by atoms with Crippen LogP contribution in [0, 0.1) is 11.3 Å². The molecule has 4 atom stereocenters. The predicted molar refractivity (Wildman–Crippen MR) is 98.2 cm³/mol. The molecular formula is C21H23N3O3. The van der Waals surface area contributed by atoms with Crippen molar-refractivity contribution in [1.29, 1.82) is 0 Å². The van der Waals surface area contributed by atoms with Crippen molar-refractivity contribution in [1.82, 2.24) is 10.2 Å². The van der Waals surface area contributed by atoms with Crippen LogP contribution in [-0.2, 0) is 9.59 Å². The highest BCUT2D eigenvalue weighted by Crippen LogP contribution is 2.66. The first-order chi connectivity index (χ1) is 12.8. The molecule has 1 aliphatic carbocycles. The van der Waals surface area contributed by atoms with Gasteiger partial charge < -0.3 is 15.5 Å². The van der Waals surface area contributed by atoms with E-state index < -0.39 is 22.0 Å². The van der Waals surface area contributed by atoms with E-state index in [9.17, 15) is 14.4 Å². The molecule has 2 amide bonds. The molecule has 2 bridgehead atoms. The van der Waals surface area contributed by atoms with Gasteiger partial charge in [-0.3, -0.25) is 14.4 Å². The lowest BCUT2D eigenvalue weighted by Crippen LogP contribution is -2.81. The van der Waals surface area contributed by atoms with Crippen LogP contribution in [-0.4, -0.2) is 45.7 Å². The number of piperidine rings is 2. The second kappa shape index (κ2) is 4.21. The number of para-hydroxylation sites is 1. The lowest BCUT2D eigenvalue weighted by atomic mass is 9.59. The number of Topliss-reactive ketones (excluding diaryl/α,β-unsaturated/α-hetero) is 1. The normalized spacial score (nSPS) is 42.8. The number of amides is 2. The number of carbonyl (C=O) groups is 3. The van der Waals surface area contributed by atoms with E-state index in [2.05, 4.69) is 24.5 Å². The van der Waals surface area contributed by atoms with Crippen LogP contribution in [0.1, 0.15) is 49.9 Å². The van der Waals surface area contributed by atoms with Gasteiger partial charge in [0.05, 0.1) is 0 Å². The van der Waals surface area contributed by atoms with E-state index >= 15 is 0 Å². The number of nitrogens with zero attached hydrogens (tertiary/aromatic N) is 1. The molecule has 27 heavy (non-hydrogen) atoms. The quantitative estimate of drug-likeness (QED) is 0.734. The summed E-state index contributed by atoms with van der Waals surface area (Å²) in [6.07, 6.45) is 2.57. The second-order valence-electron chi connectivity index (χ2n) is 9.58. The number of piperazine rings is 1. The number of hydrogen-bond donors (Lipinski definition) is 2. The summed E-state index contributed by atoms with van der Waals surface area (Å²) in [5.74, 6) is -0.0108. The lowest BCUT2D eigenvalue weighted by Gasteiger charge is -2.58. The van der Waals surface area contributed by atoms with Crippen molar-refractivity contribution in [2.24, 2.45) is 11.3 Å². The van der Waals surface area contributed by atoms with Crippen LogP contribution in [0.5, 0.6) is 0 Å². The average molecular weight is 365 g/mol. The van der Waals surface area contributed by atoms with Crippen LogP contribution in [0.3, 0.4) is 0 Å². The fourth-order valence-electron chi connectivity index (χ4n) is 7.02. The van der Waals surface area contributed by atoms with Gasteiger partial charge in [0.2, 0.25) is 11.8 Å². The molecule has 1 aromatic rings. The van der Waals surface area contributed by atoms with Gasteiger partial charge in [-0.05, 0) is 31.4 Å². The molecule has 2 N–H and O–H groups in total. The Morgan fingerprint density at radius 1 is 1.11 bits per heavy atom. The smallest absolute Gasteiger partial charge is 0.249 e. The summed E-state index contributed by atoms with van der Waals surface area (Å²) in [4.78, 5) is 42.0. The van der Waals surface area contributed by atoms with Gasteiger partial charge in [-0.25, -0.2) is 0 Å². The number of fused-ring (bicyclic) bond motifs is 2. The fraction of sp³-hybridized carbons (Fsp3) is 0.571. The number of rotatable bonds is 0. The highest BCUT2D eigenvalue weighted by atomic mass is 16.2. The summed E-state index contributed by atoms with van der Waals surface area (Å²) < 4.78 is 0. The standard InChI is InChI=1S/C21H23N3O3/c1-18(2)14-10-19-8-5-9-24(19)17(27)20(14,23-16(19)26)11-21(18)15(25)12-6-3-4-7-13(12)22-21/h3-4,6-7,14,22H,5,8-11H2,1-2H3,(H,23,26)/t14-,19?,20+,21+/m0/s1. The number of benzene rings is 1. The van der Waals surface area contributed by atoms with E-state index in [0.717, 1.165) is 18.5 Å². The molecule has 5 heterocycles. The fourth-order valence-corrected chi connectivity index (χ4v) is 7.02. The third-order valence-corrected chi connectivity index (χ3v) is 8.43. The number of nitrogens with one attached hydrogen (secondary N) is 2. The summed E-state index contributed by atoms with van der Waals surface area (Å²) in [7, 11) is 0. The highest BCUT2D eigenvalue weighted by Gasteiger charge is 2.80. The zero-order chi connectivity index (χ0) is 18.8. The van der Waals surface area contributed by atoms with Crippen LogP contribution < -0.4 is 10.6 Å². The molecule has 6 nitrogen and oxygen atoms in total. The molecule has 1 unspecified atom stereocenters. The first-order valence-corrected chi connectivity index (χ1v) is 9.85. The molecule has 5 fully saturated rings. The highest BCUT2D eigenvalue weighted by molar-refractivity contribution is 6.16. The molecule has 7 rings (SSSR count). The first kappa shape index (κ1) is 15.7. The summed E-state index contributed by atoms with van der Waals surface area (Å²) >= 11 is 0. The van der Waals surface area contributed by atoms with Gasteiger partial charge in [-0.1, -0.05) is 26.0 Å². The average Bonchev–Trinajstić information content (AvgIpc) is 3.24. The van der Waals surface area contributed by atoms with Gasteiger partial charge in [0.15, 0.2) is 5.78 Å². The van der Waals surface area contributed by atoms with Gasteiger partial charge in [0.25, 0.3) is 0 Å². The maximum atomic E-state index is 13.6. The van der Waals surface area contributed by atoms with E-state index in [1.54, 1.807) is 0 Å². The minimum absolute atomic E-state index is 0.0198. The van der Waals surface area contributed by atoms with Gasteiger partial charge in [-0.2, -0.15) is 0 Å². The largest absolute Gasteiger partial charge is 0.371 e. The Balaban J connectivity index is 1.55. The Hall–Kier alpha value is -2.37. The molecule has 0 radical (unpaired) electrons. The second-order valence-corrected chi connectivity index (χ2v) is 9.58. The summed E-state index contributed by atoms with van der Waals surface area (Å²) in [5, 5.41) is 6.65. The van der Waals surface area contributed by atoms with Crippen molar-refractivity contribution < 1.29 is 14.4 Å². The van der Waals surface area contributed by atoms with Crippen molar-refractivity contribution in [2.45, 2.75) is 56.1 Å². The van der Waals surface area contributed by atoms with Gasteiger partial charge in [0.1, 0.15) is 16.6 Å². The monoisotopic (exact) mass is 365 g/mol. The van der Waals surface area contributed by atoms with Crippen LogP contribution in [0.2, 0.25) is 0 Å². The predicted octanol–water partition coefficient (Wildman–Crippen LogP) is 1.71. The van der Waals surface area contributed by atoms with Gasteiger partial charge in [0, 0.05) is 35.5 Å². The third kappa shape index (κ3) is 1.38. The van der Waals surface area contributed by atoms with E-state index in [4.69, 9.17) is 0 Å². The Morgan fingerprint density at radius 3 is 2.67 bits per heavy atom. The number of anilines is 1. The van der Waals surface area contributed by atoms with Crippen molar-refractivity contribution in [3.05, 3.63) is 29.8 Å². The summed E-state index contributed by atoms with van der Waals surface area (Å²) in [6, 6.07) is 7.56. The Bertz CT molecular complexity index is 956. The molecule has 4 saturated heterocycles. The zero-order valence-electron chi connectivity index (χ0n) is 15.6. The minimum Gasteiger partial charge on any atom is -0.371 e.